The first-order chi connectivity index (χ1) is 9.10. The van der Waals surface area contributed by atoms with Crippen molar-refractivity contribution in [2.45, 2.75) is 38.2 Å². The van der Waals surface area contributed by atoms with Crippen LogP contribution >= 0.6 is 12.2 Å². The lowest BCUT2D eigenvalue weighted by molar-refractivity contribution is -0.148. The molecule has 2 rings (SSSR count). The number of hydrogen-bond acceptors (Lipinski definition) is 4. The number of aliphatic hydroxyl groups excluding tert-OH is 1. The summed E-state index contributed by atoms with van der Waals surface area (Å²) in [4.78, 5) is 14.9. The highest BCUT2D eigenvalue weighted by molar-refractivity contribution is 7.80. The number of carbonyl (C=O) groups excluding carboxylic acids is 1. The lowest BCUT2D eigenvalue weighted by Gasteiger charge is -2.41. The van der Waals surface area contributed by atoms with Gasteiger partial charge in [0.05, 0.1) is 29.7 Å². The Hall–Kier alpha value is -0.720. The Morgan fingerprint density at radius 3 is 2.68 bits per heavy atom. The predicted molar refractivity (Wildman–Crippen MR) is 75.7 cm³/mol. The van der Waals surface area contributed by atoms with Gasteiger partial charge in [-0.25, -0.2) is 0 Å². The minimum atomic E-state index is -0.662. The fraction of sp³-hybridized carbons (Fsp3) is 0.846. The number of nitrogens with zero attached hydrogens (tertiary/aromatic N) is 1. The van der Waals surface area contributed by atoms with Gasteiger partial charge in [-0.2, -0.15) is 0 Å². The van der Waals surface area contributed by atoms with E-state index >= 15 is 0 Å². The molecule has 1 atom stereocenters. The maximum absolute atomic E-state index is 12.8. The van der Waals surface area contributed by atoms with Gasteiger partial charge in [-0.3, -0.25) is 4.79 Å². The first-order valence-corrected chi connectivity index (χ1v) is 7.33. The summed E-state index contributed by atoms with van der Waals surface area (Å²) < 4.78 is 5.38. The molecule has 3 N–H and O–H groups in total. The first kappa shape index (κ1) is 14.7. The van der Waals surface area contributed by atoms with E-state index < -0.39 is 5.41 Å². The number of hydrogen-bond donors (Lipinski definition) is 2. The molecule has 1 unspecified atom stereocenters. The molecule has 5 nitrogen and oxygen atoms in total. The summed E-state index contributed by atoms with van der Waals surface area (Å²) in [5.74, 6) is 0.0291. The third-order valence-corrected chi connectivity index (χ3v) is 4.61. The van der Waals surface area contributed by atoms with E-state index in [1.165, 1.54) is 0 Å². The van der Waals surface area contributed by atoms with Crippen LogP contribution < -0.4 is 5.73 Å². The molecule has 108 valence electrons. The van der Waals surface area contributed by atoms with E-state index in [1.54, 1.807) is 4.90 Å². The van der Waals surface area contributed by atoms with E-state index in [0.717, 1.165) is 32.1 Å². The number of rotatable bonds is 3. The summed E-state index contributed by atoms with van der Waals surface area (Å²) in [5.41, 5.74) is 5.22. The zero-order chi connectivity index (χ0) is 13.9. The van der Waals surface area contributed by atoms with Crippen LogP contribution in [0.25, 0.3) is 0 Å². The van der Waals surface area contributed by atoms with Gasteiger partial charge in [0.1, 0.15) is 0 Å². The van der Waals surface area contributed by atoms with Gasteiger partial charge >= 0.3 is 0 Å². The quantitative estimate of drug-likeness (QED) is 0.736. The summed E-state index contributed by atoms with van der Waals surface area (Å²) in [6.45, 7) is 1.38. The first-order valence-electron chi connectivity index (χ1n) is 6.92. The number of morpholine rings is 1. The number of aliphatic hydroxyl groups is 1. The second kappa shape index (κ2) is 6.15. The van der Waals surface area contributed by atoms with E-state index in [4.69, 9.17) is 27.8 Å². The van der Waals surface area contributed by atoms with Crippen LogP contribution in [0.5, 0.6) is 0 Å². The number of carbonyl (C=O) groups is 1. The summed E-state index contributed by atoms with van der Waals surface area (Å²) in [6, 6.07) is 0. The Labute approximate surface area is 119 Å². The van der Waals surface area contributed by atoms with Gasteiger partial charge < -0.3 is 20.5 Å². The van der Waals surface area contributed by atoms with Crippen molar-refractivity contribution in [2.24, 2.45) is 11.1 Å². The molecule has 0 bridgehead atoms. The lowest BCUT2D eigenvalue weighted by atomic mass is 9.72. The summed E-state index contributed by atoms with van der Waals surface area (Å²) in [6.07, 6.45) is 4.35. The van der Waals surface area contributed by atoms with Crippen LogP contribution in [0.15, 0.2) is 0 Å². The van der Waals surface area contributed by atoms with Crippen molar-refractivity contribution >= 4 is 23.1 Å². The Kier molecular flexibility index (Phi) is 4.76. The van der Waals surface area contributed by atoms with Gasteiger partial charge in [-0.1, -0.05) is 31.5 Å². The molecule has 6 heteroatoms. The van der Waals surface area contributed by atoms with Crippen molar-refractivity contribution in [2.75, 3.05) is 26.3 Å². The molecule has 19 heavy (non-hydrogen) atoms. The molecular formula is C13H22N2O3S. The third kappa shape index (κ3) is 2.90. The maximum atomic E-state index is 12.8. The average Bonchev–Trinajstić information content (AvgIpc) is 2.47. The fourth-order valence-corrected chi connectivity index (χ4v) is 3.33. The summed E-state index contributed by atoms with van der Waals surface area (Å²) >= 11 is 5.18. The molecule has 1 saturated heterocycles. The molecule has 1 aliphatic carbocycles. The van der Waals surface area contributed by atoms with Crippen LogP contribution in [-0.2, 0) is 9.53 Å². The van der Waals surface area contributed by atoms with Crippen LogP contribution in [0.3, 0.4) is 0 Å². The Balaban J connectivity index is 2.13. The SMILES string of the molecule is NC(=S)C1(C(=O)N2CCOC(CO)C2)CCCCC1. The highest BCUT2D eigenvalue weighted by atomic mass is 32.1. The molecule has 1 amide bonds. The summed E-state index contributed by atoms with van der Waals surface area (Å²) in [5, 5.41) is 9.16. The average molecular weight is 286 g/mol. The molecule has 0 radical (unpaired) electrons. The highest BCUT2D eigenvalue weighted by Gasteiger charge is 2.45. The van der Waals surface area contributed by atoms with E-state index in [9.17, 15) is 4.79 Å². The minimum absolute atomic E-state index is 0.0291. The third-order valence-electron chi connectivity index (χ3n) is 4.22. The van der Waals surface area contributed by atoms with Crippen molar-refractivity contribution in [3.8, 4) is 0 Å². The molecule has 0 aromatic carbocycles. The molecule has 1 saturated carbocycles. The van der Waals surface area contributed by atoms with Gasteiger partial charge in [0, 0.05) is 13.1 Å². The van der Waals surface area contributed by atoms with Crippen molar-refractivity contribution < 1.29 is 14.6 Å². The molecule has 0 aromatic heterocycles. The lowest BCUT2D eigenvalue weighted by Crippen LogP contribution is -2.56. The molecule has 1 heterocycles. The van der Waals surface area contributed by atoms with Gasteiger partial charge in [-0.05, 0) is 12.8 Å². The number of amides is 1. The zero-order valence-corrected chi connectivity index (χ0v) is 12.0. The minimum Gasteiger partial charge on any atom is -0.394 e. The fourth-order valence-electron chi connectivity index (χ4n) is 3.04. The van der Waals surface area contributed by atoms with Crippen molar-refractivity contribution in [1.82, 2.24) is 4.90 Å². The standard InChI is InChI=1S/C13H22N2O3S/c14-11(19)13(4-2-1-3-5-13)12(17)15-6-7-18-10(8-15)9-16/h10,16H,1-9H2,(H2,14,19). The number of thiocarbonyl (C=S) groups is 1. The van der Waals surface area contributed by atoms with Crippen LogP contribution in [0, 0.1) is 5.41 Å². The topological polar surface area (TPSA) is 75.8 Å². The Bertz CT molecular complexity index is 356. The number of ether oxygens (including phenoxy) is 1. The Morgan fingerprint density at radius 1 is 1.42 bits per heavy atom. The molecule has 0 aromatic rings. The van der Waals surface area contributed by atoms with Crippen LogP contribution in [-0.4, -0.2) is 53.3 Å². The second-order valence-electron chi connectivity index (χ2n) is 5.43. The van der Waals surface area contributed by atoms with Crippen molar-refractivity contribution in [3.05, 3.63) is 0 Å². The highest BCUT2D eigenvalue weighted by Crippen LogP contribution is 2.38. The van der Waals surface area contributed by atoms with Crippen LogP contribution in [0.1, 0.15) is 32.1 Å². The van der Waals surface area contributed by atoms with Gasteiger partial charge in [-0.15, -0.1) is 0 Å². The molecular weight excluding hydrogens is 264 g/mol. The normalized spacial score (nSPS) is 27.0. The molecule has 2 aliphatic rings. The van der Waals surface area contributed by atoms with Crippen molar-refractivity contribution in [3.63, 3.8) is 0 Å². The van der Waals surface area contributed by atoms with E-state index in [2.05, 4.69) is 0 Å². The Morgan fingerprint density at radius 2 is 2.11 bits per heavy atom. The van der Waals surface area contributed by atoms with E-state index in [0.29, 0.717) is 24.7 Å². The van der Waals surface area contributed by atoms with Crippen LogP contribution in [0.2, 0.25) is 0 Å². The van der Waals surface area contributed by atoms with Gasteiger partial charge in [0.15, 0.2) is 0 Å². The maximum Gasteiger partial charge on any atom is 0.235 e. The molecule has 0 spiro atoms. The monoisotopic (exact) mass is 286 g/mol. The van der Waals surface area contributed by atoms with E-state index in [-0.39, 0.29) is 18.6 Å². The molecule has 2 fully saturated rings. The zero-order valence-electron chi connectivity index (χ0n) is 11.1. The van der Waals surface area contributed by atoms with Crippen molar-refractivity contribution in [1.29, 1.82) is 0 Å². The smallest absolute Gasteiger partial charge is 0.235 e. The predicted octanol–water partition coefficient (Wildman–Crippen LogP) is 0.443. The van der Waals surface area contributed by atoms with Gasteiger partial charge in [0.25, 0.3) is 0 Å². The molecule has 1 aliphatic heterocycles. The summed E-state index contributed by atoms with van der Waals surface area (Å²) in [7, 11) is 0. The number of nitrogens with two attached hydrogens (primary N) is 1. The van der Waals surface area contributed by atoms with Gasteiger partial charge in [0.2, 0.25) is 5.91 Å². The van der Waals surface area contributed by atoms with E-state index in [1.807, 2.05) is 0 Å². The van der Waals surface area contributed by atoms with Crippen LogP contribution in [0.4, 0.5) is 0 Å². The second-order valence-corrected chi connectivity index (χ2v) is 5.87. The largest absolute Gasteiger partial charge is 0.394 e.